The third-order valence-electron chi connectivity index (χ3n) is 4.15. The molecule has 110 valence electrons. The number of aromatic nitrogens is 2. The van der Waals surface area contributed by atoms with Gasteiger partial charge in [-0.15, -0.1) is 0 Å². The molecule has 1 saturated heterocycles. The molecule has 3 rings (SSSR count). The molecule has 1 N–H and O–H groups in total. The van der Waals surface area contributed by atoms with E-state index in [0.29, 0.717) is 18.3 Å². The van der Waals surface area contributed by atoms with Crippen LogP contribution in [0.25, 0.3) is 0 Å². The maximum Gasteiger partial charge on any atom is 0.236 e. The molecular weight excluding hydrogens is 256 g/mol. The summed E-state index contributed by atoms with van der Waals surface area (Å²) in [6.07, 6.45) is 4.46. The molecule has 1 aliphatic carbocycles. The lowest BCUT2D eigenvalue weighted by atomic mass is 9.97. The highest BCUT2D eigenvalue weighted by Gasteiger charge is 2.27. The molecule has 1 aliphatic heterocycles. The number of hydrogen-bond acceptors (Lipinski definition) is 5. The van der Waals surface area contributed by atoms with E-state index < -0.39 is 0 Å². The van der Waals surface area contributed by atoms with Crippen LogP contribution in [0.15, 0.2) is 4.52 Å². The fourth-order valence-corrected chi connectivity index (χ4v) is 2.67. The summed E-state index contributed by atoms with van der Waals surface area (Å²) in [6, 6.07) is 0. The highest BCUT2D eigenvalue weighted by molar-refractivity contribution is 5.78. The summed E-state index contributed by atoms with van der Waals surface area (Å²) in [5.74, 6) is 2.74. The smallest absolute Gasteiger partial charge is 0.236 e. The number of hydrogen-bond donors (Lipinski definition) is 1. The molecule has 0 aromatic carbocycles. The van der Waals surface area contributed by atoms with Crippen LogP contribution in [0.2, 0.25) is 0 Å². The zero-order valence-corrected chi connectivity index (χ0v) is 12.0. The number of rotatable bonds is 5. The predicted molar refractivity (Wildman–Crippen MR) is 73.2 cm³/mol. The van der Waals surface area contributed by atoms with E-state index in [1.165, 1.54) is 12.8 Å². The maximum absolute atomic E-state index is 12.1. The van der Waals surface area contributed by atoms with Gasteiger partial charge in [-0.2, -0.15) is 4.98 Å². The lowest BCUT2D eigenvalue weighted by Crippen LogP contribution is -2.42. The van der Waals surface area contributed by atoms with E-state index in [4.69, 9.17) is 4.52 Å². The third-order valence-corrected chi connectivity index (χ3v) is 4.15. The van der Waals surface area contributed by atoms with Crippen LogP contribution < -0.4 is 5.32 Å². The van der Waals surface area contributed by atoms with Gasteiger partial charge in [-0.05, 0) is 45.1 Å². The molecule has 1 amide bonds. The van der Waals surface area contributed by atoms with Gasteiger partial charge in [0.25, 0.3) is 0 Å². The Hall–Kier alpha value is -1.43. The average molecular weight is 278 g/mol. The summed E-state index contributed by atoms with van der Waals surface area (Å²) in [6.45, 7) is 4.87. The summed E-state index contributed by atoms with van der Waals surface area (Å²) in [5, 5.41) is 7.09. The summed E-state index contributed by atoms with van der Waals surface area (Å²) >= 11 is 0. The van der Waals surface area contributed by atoms with Gasteiger partial charge in [0.05, 0.1) is 6.54 Å². The Morgan fingerprint density at radius 1 is 1.35 bits per heavy atom. The molecule has 2 aliphatic rings. The Labute approximate surface area is 118 Å². The van der Waals surface area contributed by atoms with Crippen LogP contribution in [-0.4, -0.2) is 47.1 Å². The standard InChI is InChI=1S/C14H22N4O2/c1-10-16-14(20-17-10)12-4-6-18(7-5-12)13(19)9-15-8-11-2-3-11/h11-12,15H,2-9H2,1H3. The molecule has 20 heavy (non-hydrogen) atoms. The van der Waals surface area contributed by atoms with Crippen molar-refractivity contribution in [1.29, 1.82) is 0 Å². The fourth-order valence-electron chi connectivity index (χ4n) is 2.67. The van der Waals surface area contributed by atoms with Gasteiger partial charge in [0.2, 0.25) is 11.8 Å². The Bertz CT molecular complexity index is 461. The number of piperidine rings is 1. The highest BCUT2D eigenvalue weighted by Crippen LogP contribution is 2.28. The number of aryl methyl sites for hydroxylation is 1. The lowest BCUT2D eigenvalue weighted by molar-refractivity contribution is -0.131. The Morgan fingerprint density at radius 3 is 2.70 bits per heavy atom. The Balaban J connectivity index is 1.41. The molecule has 0 radical (unpaired) electrons. The van der Waals surface area contributed by atoms with E-state index in [1.54, 1.807) is 0 Å². The molecule has 2 heterocycles. The van der Waals surface area contributed by atoms with Crippen LogP contribution in [0.3, 0.4) is 0 Å². The SMILES string of the molecule is Cc1noc(C2CCN(C(=O)CNCC3CC3)CC2)n1. The van der Waals surface area contributed by atoms with Crippen molar-refractivity contribution in [3.8, 4) is 0 Å². The molecule has 2 fully saturated rings. The van der Waals surface area contributed by atoms with Gasteiger partial charge in [0, 0.05) is 19.0 Å². The minimum absolute atomic E-state index is 0.214. The van der Waals surface area contributed by atoms with Crippen LogP contribution >= 0.6 is 0 Å². The second-order valence-corrected chi connectivity index (χ2v) is 5.91. The minimum Gasteiger partial charge on any atom is -0.342 e. The van der Waals surface area contributed by atoms with Crippen molar-refractivity contribution in [2.45, 2.75) is 38.5 Å². The first kappa shape index (κ1) is 13.5. The van der Waals surface area contributed by atoms with Crippen LogP contribution in [-0.2, 0) is 4.79 Å². The molecule has 1 aromatic heterocycles. The monoisotopic (exact) mass is 278 g/mol. The number of carbonyl (C=O) groups is 1. The number of nitrogens with one attached hydrogen (secondary N) is 1. The number of likely N-dealkylation sites (tertiary alicyclic amines) is 1. The van der Waals surface area contributed by atoms with Crippen LogP contribution in [0.1, 0.15) is 43.3 Å². The van der Waals surface area contributed by atoms with Gasteiger partial charge in [-0.3, -0.25) is 4.79 Å². The zero-order chi connectivity index (χ0) is 13.9. The van der Waals surface area contributed by atoms with Gasteiger partial charge >= 0.3 is 0 Å². The van der Waals surface area contributed by atoms with Gasteiger partial charge in [0.1, 0.15) is 0 Å². The first-order valence-electron chi connectivity index (χ1n) is 7.51. The van der Waals surface area contributed by atoms with Crippen LogP contribution in [0, 0.1) is 12.8 Å². The average Bonchev–Trinajstić information content (AvgIpc) is 3.18. The van der Waals surface area contributed by atoms with Gasteiger partial charge in [0.15, 0.2) is 5.82 Å². The second-order valence-electron chi connectivity index (χ2n) is 5.91. The zero-order valence-electron chi connectivity index (χ0n) is 12.0. The predicted octanol–water partition coefficient (Wildman–Crippen LogP) is 1.08. The fraction of sp³-hybridized carbons (Fsp3) is 0.786. The molecule has 0 unspecified atom stereocenters. The maximum atomic E-state index is 12.1. The van der Waals surface area contributed by atoms with Gasteiger partial charge in [-0.1, -0.05) is 5.16 Å². The molecule has 0 spiro atoms. The van der Waals surface area contributed by atoms with Crippen molar-refractivity contribution in [1.82, 2.24) is 20.4 Å². The molecular formula is C14H22N4O2. The quantitative estimate of drug-likeness (QED) is 0.872. The molecule has 0 bridgehead atoms. The van der Waals surface area contributed by atoms with Crippen molar-refractivity contribution in [2.24, 2.45) is 5.92 Å². The minimum atomic E-state index is 0.214. The summed E-state index contributed by atoms with van der Waals surface area (Å²) in [5.41, 5.74) is 0. The van der Waals surface area contributed by atoms with Gasteiger partial charge in [-0.25, -0.2) is 0 Å². The first-order chi connectivity index (χ1) is 9.72. The van der Waals surface area contributed by atoms with Gasteiger partial charge < -0.3 is 14.7 Å². The van der Waals surface area contributed by atoms with Crippen molar-refractivity contribution in [2.75, 3.05) is 26.2 Å². The van der Waals surface area contributed by atoms with E-state index in [9.17, 15) is 4.79 Å². The van der Waals surface area contributed by atoms with Crippen molar-refractivity contribution in [3.05, 3.63) is 11.7 Å². The molecule has 6 heteroatoms. The van der Waals surface area contributed by atoms with E-state index in [2.05, 4.69) is 15.5 Å². The summed E-state index contributed by atoms with van der Waals surface area (Å²) in [7, 11) is 0. The number of carbonyl (C=O) groups excluding carboxylic acids is 1. The van der Waals surface area contributed by atoms with E-state index in [0.717, 1.165) is 44.3 Å². The van der Waals surface area contributed by atoms with Crippen LogP contribution in [0.5, 0.6) is 0 Å². The third kappa shape index (κ3) is 3.36. The van der Waals surface area contributed by atoms with Crippen molar-refractivity contribution < 1.29 is 9.32 Å². The molecule has 1 saturated carbocycles. The van der Waals surface area contributed by atoms with Crippen molar-refractivity contribution >= 4 is 5.91 Å². The van der Waals surface area contributed by atoms with Crippen molar-refractivity contribution in [3.63, 3.8) is 0 Å². The highest BCUT2D eigenvalue weighted by atomic mass is 16.5. The second kappa shape index (κ2) is 5.91. The van der Waals surface area contributed by atoms with Crippen LogP contribution in [0.4, 0.5) is 0 Å². The van der Waals surface area contributed by atoms with E-state index in [-0.39, 0.29) is 5.91 Å². The molecule has 0 atom stereocenters. The number of amides is 1. The summed E-state index contributed by atoms with van der Waals surface area (Å²) in [4.78, 5) is 18.3. The van der Waals surface area contributed by atoms with E-state index >= 15 is 0 Å². The van der Waals surface area contributed by atoms with E-state index in [1.807, 2.05) is 11.8 Å². The largest absolute Gasteiger partial charge is 0.342 e. The summed E-state index contributed by atoms with van der Waals surface area (Å²) < 4.78 is 5.22. The first-order valence-corrected chi connectivity index (χ1v) is 7.51. The molecule has 6 nitrogen and oxygen atoms in total. The topological polar surface area (TPSA) is 71.3 Å². The lowest BCUT2D eigenvalue weighted by Gasteiger charge is -2.30. The number of nitrogens with zero attached hydrogens (tertiary/aromatic N) is 3. The normalized spacial score (nSPS) is 20.4. The molecule has 1 aromatic rings. The Morgan fingerprint density at radius 2 is 2.10 bits per heavy atom. The Kier molecular flexibility index (Phi) is 4.00.